The molecule has 0 aromatic heterocycles. The highest BCUT2D eigenvalue weighted by Gasteiger charge is 2.51. The molecular formula is C36H42N2O4S. The van der Waals surface area contributed by atoms with E-state index in [1.54, 1.807) is 11.8 Å². The molecule has 4 atom stereocenters. The molecule has 1 saturated heterocycles. The third kappa shape index (κ3) is 6.37. The Hall–Kier alpha value is -2.84. The Kier molecular flexibility index (Phi) is 8.25. The van der Waals surface area contributed by atoms with Gasteiger partial charge in [-0.15, -0.1) is 11.8 Å². The molecule has 8 rings (SSSR count). The summed E-state index contributed by atoms with van der Waals surface area (Å²) in [6.45, 7) is 2.20. The molecule has 5 aliphatic rings. The van der Waals surface area contributed by atoms with Crippen LogP contribution in [0.3, 0.4) is 0 Å². The van der Waals surface area contributed by atoms with E-state index in [1.165, 1.54) is 24.2 Å². The fourth-order valence-electron chi connectivity index (χ4n) is 8.43. The summed E-state index contributed by atoms with van der Waals surface area (Å²) in [6.07, 6.45) is 6.61. The number of thioether (sulfide) groups is 1. The molecule has 0 radical (unpaired) electrons. The van der Waals surface area contributed by atoms with E-state index in [2.05, 4.69) is 41.8 Å². The lowest BCUT2D eigenvalue weighted by Gasteiger charge is -2.56. The highest BCUT2D eigenvalue weighted by atomic mass is 32.2. The minimum Gasteiger partial charge on any atom is -0.392 e. The fraction of sp³-hybridized carbons (Fsp3) is 0.472. The Morgan fingerprint density at radius 3 is 2.26 bits per heavy atom. The number of carbonyl (C=O) groups is 1. The Morgan fingerprint density at radius 2 is 1.58 bits per heavy atom. The normalized spacial score (nSPS) is 32.8. The van der Waals surface area contributed by atoms with Crippen LogP contribution in [-0.2, 0) is 16.1 Å². The number of aliphatic hydroxyl groups is 1. The lowest BCUT2D eigenvalue weighted by Crippen LogP contribution is -2.60. The molecule has 2 amide bonds. The Labute approximate surface area is 258 Å². The lowest BCUT2D eigenvalue weighted by molar-refractivity contribution is -0.268. The minimum absolute atomic E-state index is 0.0136. The van der Waals surface area contributed by atoms with Crippen LogP contribution >= 0.6 is 11.8 Å². The first kappa shape index (κ1) is 28.9. The quantitative estimate of drug-likeness (QED) is 0.230. The maximum atomic E-state index is 13.3. The zero-order chi connectivity index (χ0) is 29.4. The number of carbonyl (C=O) groups excluding carboxylic acids is 1. The smallest absolute Gasteiger partial charge is 0.319 e. The molecular weight excluding hydrogens is 556 g/mol. The Balaban J connectivity index is 1.07. The van der Waals surface area contributed by atoms with Crippen molar-refractivity contribution in [3.8, 4) is 0 Å². The summed E-state index contributed by atoms with van der Waals surface area (Å²) in [7, 11) is 0. The topological polar surface area (TPSA) is 79.8 Å². The predicted octanol–water partition coefficient (Wildman–Crippen LogP) is 7.85. The number of urea groups is 1. The first-order valence-electron chi connectivity index (χ1n) is 15.8. The number of ether oxygens (including phenoxy) is 2. The van der Waals surface area contributed by atoms with Gasteiger partial charge in [-0.05, 0) is 91.7 Å². The SMILES string of the molecule is C[C@H]1[C@@H](CSc2ccccc2)O[C@@H](c2cccc(NC(=O)NC34CC5CC(CC(C5)C3)C4)c2)O[C@H]1c1ccc(CO)cc1. The maximum Gasteiger partial charge on any atom is 0.319 e. The molecule has 7 heteroatoms. The average molecular weight is 599 g/mol. The van der Waals surface area contributed by atoms with Crippen molar-refractivity contribution in [1.29, 1.82) is 0 Å². The third-order valence-corrected chi connectivity index (χ3v) is 11.2. The van der Waals surface area contributed by atoms with Gasteiger partial charge in [-0.25, -0.2) is 4.79 Å². The van der Waals surface area contributed by atoms with Gasteiger partial charge in [0.25, 0.3) is 0 Å². The summed E-state index contributed by atoms with van der Waals surface area (Å²) in [6, 6.07) is 26.2. The van der Waals surface area contributed by atoms with Crippen molar-refractivity contribution >= 4 is 23.5 Å². The van der Waals surface area contributed by atoms with E-state index in [0.717, 1.165) is 65.1 Å². The molecule has 3 N–H and O–H groups in total. The van der Waals surface area contributed by atoms with Gasteiger partial charge >= 0.3 is 6.03 Å². The summed E-state index contributed by atoms with van der Waals surface area (Å²) >= 11 is 1.79. The molecule has 43 heavy (non-hydrogen) atoms. The largest absolute Gasteiger partial charge is 0.392 e. The van der Waals surface area contributed by atoms with Gasteiger partial charge in [-0.2, -0.15) is 0 Å². The highest BCUT2D eigenvalue weighted by Crippen LogP contribution is 2.55. The summed E-state index contributed by atoms with van der Waals surface area (Å²) in [5.41, 5.74) is 3.53. The molecule has 4 aliphatic carbocycles. The van der Waals surface area contributed by atoms with Crippen molar-refractivity contribution in [2.45, 2.75) is 81.0 Å². The summed E-state index contributed by atoms with van der Waals surface area (Å²) in [5.74, 6) is 3.23. The van der Waals surface area contributed by atoms with Gasteiger partial charge < -0.3 is 25.2 Å². The van der Waals surface area contributed by atoms with E-state index in [9.17, 15) is 9.90 Å². The molecule has 3 aromatic carbocycles. The van der Waals surface area contributed by atoms with Crippen LogP contribution in [0.2, 0.25) is 0 Å². The van der Waals surface area contributed by atoms with Crippen LogP contribution < -0.4 is 10.6 Å². The molecule has 3 aromatic rings. The number of nitrogens with one attached hydrogen (secondary N) is 2. The van der Waals surface area contributed by atoms with Crippen LogP contribution in [0.25, 0.3) is 0 Å². The summed E-state index contributed by atoms with van der Waals surface area (Å²) in [5, 5.41) is 16.1. The van der Waals surface area contributed by atoms with E-state index in [0.29, 0.717) is 0 Å². The second kappa shape index (κ2) is 12.3. The number of amides is 2. The van der Waals surface area contributed by atoms with Crippen LogP contribution in [0, 0.1) is 23.7 Å². The Morgan fingerprint density at radius 1 is 0.884 bits per heavy atom. The monoisotopic (exact) mass is 598 g/mol. The van der Waals surface area contributed by atoms with E-state index >= 15 is 0 Å². The molecule has 1 heterocycles. The van der Waals surface area contributed by atoms with Gasteiger partial charge in [-0.3, -0.25) is 0 Å². The zero-order valence-corrected chi connectivity index (χ0v) is 25.6. The first-order valence-corrected chi connectivity index (χ1v) is 16.8. The number of rotatable bonds is 8. The van der Waals surface area contributed by atoms with Crippen molar-refractivity contribution in [3.05, 3.63) is 95.6 Å². The number of hydrogen-bond acceptors (Lipinski definition) is 5. The zero-order valence-electron chi connectivity index (χ0n) is 24.8. The molecule has 0 spiro atoms. The summed E-state index contributed by atoms with van der Waals surface area (Å²) in [4.78, 5) is 14.5. The second-order valence-electron chi connectivity index (χ2n) is 13.3. The molecule has 4 saturated carbocycles. The van der Waals surface area contributed by atoms with Crippen LogP contribution in [0.15, 0.2) is 83.8 Å². The van der Waals surface area contributed by atoms with Crippen molar-refractivity contribution in [2.24, 2.45) is 23.7 Å². The van der Waals surface area contributed by atoms with Crippen molar-refractivity contribution in [2.75, 3.05) is 11.1 Å². The number of benzene rings is 3. The molecule has 6 nitrogen and oxygen atoms in total. The van der Waals surface area contributed by atoms with Crippen LogP contribution in [0.4, 0.5) is 10.5 Å². The van der Waals surface area contributed by atoms with Gasteiger partial charge in [0.2, 0.25) is 0 Å². The van der Waals surface area contributed by atoms with E-state index in [1.807, 2.05) is 54.6 Å². The highest BCUT2D eigenvalue weighted by molar-refractivity contribution is 7.99. The fourth-order valence-corrected chi connectivity index (χ4v) is 9.52. The van der Waals surface area contributed by atoms with E-state index in [4.69, 9.17) is 9.47 Å². The third-order valence-electron chi connectivity index (χ3n) is 10.1. The standard InChI is InChI=1S/C36H42N2O4S/c1-23-32(22-43-31-8-3-2-4-9-31)41-34(42-33(23)28-12-10-24(21-39)11-13-28)29-6-5-7-30(17-29)37-35(40)38-36-18-25-14-26(19-36)16-27(15-25)20-36/h2-13,17,23,25-27,32-34,39H,14-16,18-22H2,1H3,(H2,37,38,40)/t23-,25?,26?,27?,32+,33+,34+,36?/m0/s1. The van der Waals surface area contributed by atoms with Crippen LogP contribution in [0.5, 0.6) is 0 Å². The van der Waals surface area contributed by atoms with Gasteiger partial charge in [0.1, 0.15) is 0 Å². The van der Waals surface area contributed by atoms with Crippen LogP contribution in [0.1, 0.15) is 74.5 Å². The maximum absolute atomic E-state index is 13.3. The summed E-state index contributed by atoms with van der Waals surface area (Å²) < 4.78 is 13.3. The van der Waals surface area contributed by atoms with Crippen LogP contribution in [-0.4, -0.2) is 28.5 Å². The predicted molar refractivity (Wildman–Crippen MR) is 170 cm³/mol. The van der Waals surface area contributed by atoms with Gasteiger partial charge in [0.15, 0.2) is 6.29 Å². The lowest BCUT2D eigenvalue weighted by atomic mass is 9.53. The van der Waals surface area contributed by atoms with Gasteiger partial charge in [0, 0.05) is 33.4 Å². The number of aliphatic hydroxyl groups excluding tert-OH is 1. The molecule has 4 bridgehead atoms. The van der Waals surface area contributed by atoms with E-state index in [-0.39, 0.29) is 36.3 Å². The van der Waals surface area contributed by atoms with Gasteiger partial charge in [-0.1, -0.05) is 61.5 Å². The molecule has 5 fully saturated rings. The molecule has 1 aliphatic heterocycles. The Bertz CT molecular complexity index is 1380. The number of hydrogen-bond donors (Lipinski definition) is 3. The number of anilines is 1. The average Bonchev–Trinajstić information content (AvgIpc) is 3.00. The van der Waals surface area contributed by atoms with Gasteiger partial charge in [0.05, 0.1) is 18.8 Å². The molecule has 226 valence electrons. The van der Waals surface area contributed by atoms with Crippen molar-refractivity contribution in [1.82, 2.24) is 5.32 Å². The van der Waals surface area contributed by atoms with Crippen molar-refractivity contribution in [3.63, 3.8) is 0 Å². The van der Waals surface area contributed by atoms with Crippen molar-refractivity contribution < 1.29 is 19.4 Å². The second-order valence-corrected chi connectivity index (χ2v) is 14.4. The van der Waals surface area contributed by atoms with E-state index < -0.39 is 6.29 Å². The molecule has 0 unspecified atom stereocenters. The first-order chi connectivity index (χ1) is 20.9. The minimum atomic E-state index is -0.576.